The highest BCUT2D eigenvalue weighted by Gasteiger charge is 2.46. The third-order valence-electron chi connectivity index (χ3n) is 6.56. The van der Waals surface area contributed by atoms with Crippen LogP contribution in [0.4, 0.5) is 5.82 Å². The molecule has 6 atom stereocenters. The van der Waals surface area contributed by atoms with Gasteiger partial charge in [0.25, 0.3) is 10.1 Å². The molecule has 252 valence electrons. The predicted octanol–water partition coefficient (Wildman–Crippen LogP) is -1.17. The predicted molar refractivity (Wildman–Crippen MR) is 163 cm³/mol. The molecule has 1 fully saturated rings. The first kappa shape index (κ1) is 37.0. The first-order valence-electron chi connectivity index (χ1n) is 13.0. The third kappa shape index (κ3) is 10.2. The van der Waals surface area contributed by atoms with Crippen LogP contribution in [0, 0.1) is 0 Å². The van der Waals surface area contributed by atoms with Crippen LogP contribution in [-0.4, -0.2) is 113 Å². The van der Waals surface area contributed by atoms with Crippen LogP contribution < -0.4 is 11.5 Å². The van der Waals surface area contributed by atoms with Crippen LogP contribution in [0.1, 0.15) is 12.6 Å². The zero-order valence-corrected chi connectivity index (χ0v) is 26.4. The second-order valence-corrected chi connectivity index (χ2v) is 14.4. The molecular weight excluding hydrogens is 673 g/mol. The Morgan fingerprint density at radius 3 is 2.30 bits per heavy atom. The van der Waals surface area contributed by atoms with Gasteiger partial charge in [0.15, 0.2) is 17.7 Å². The lowest BCUT2D eigenvalue weighted by Gasteiger charge is -2.16. The molecule has 1 saturated heterocycles. The molecule has 18 nitrogen and oxygen atoms in total. The SMILES string of the molecule is C[S+](CC[C@H](N)C(=O)O)C[C@H]1O[C@@H](n2cnc3c(N)ncnc32)[C@H](O)[C@@H]1O.O=S(=O)(O)c1ccc2ccccc2c1.O=S(=O)([O-])[O-]. The molecule has 5 rings (SSSR count). The van der Waals surface area contributed by atoms with E-state index in [1.54, 1.807) is 12.1 Å². The quantitative estimate of drug-likeness (QED) is 0.0715. The number of ether oxygens (including phenoxy) is 1. The summed E-state index contributed by atoms with van der Waals surface area (Å²) in [5.41, 5.74) is 12.1. The number of hydrogen-bond acceptors (Lipinski definition) is 15. The number of nitrogens with two attached hydrogens (primary N) is 2. The highest BCUT2D eigenvalue weighted by Crippen LogP contribution is 2.32. The van der Waals surface area contributed by atoms with Crippen molar-refractivity contribution in [3.8, 4) is 0 Å². The van der Waals surface area contributed by atoms with Crippen molar-refractivity contribution in [2.24, 2.45) is 5.73 Å². The summed E-state index contributed by atoms with van der Waals surface area (Å²) in [4.78, 5) is 22.9. The van der Waals surface area contributed by atoms with Crippen LogP contribution in [0.5, 0.6) is 0 Å². The monoisotopic (exact) mass is 703 g/mol. The number of nitrogen functional groups attached to an aromatic ring is 1. The number of nitrogens with zero attached hydrogens (tertiary/aromatic N) is 4. The third-order valence-corrected chi connectivity index (χ3v) is 9.24. The maximum Gasteiger partial charge on any atom is 0.320 e. The Morgan fingerprint density at radius 2 is 1.70 bits per heavy atom. The number of carboxylic acid groups (broad SMARTS) is 1. The van der Waals surface area contributed by atoms with Crippen molar-refractivity contribution in [1.29, 1.82) is 0 Å². The number of hydrogen-bond donors (Lipinski definition) is 6. The van der Waals surface area contributed by atoms with E-state index in [-0.39, 0.29) is 21.6 Å². The van der Waals surface area contributed by atoms with Gasteiger partial charge in [-0.3, -0.25) is 22.3 Å². The smallest absolute Gasteiger partial charge is 0.320 e. The number of carboxylic acids is 1. The molecule has 0 bridgehead atoms. The second kappa shape index (κ2) is 15.4. The van der Waals surface area contributed by atoms with Crippen molar-refractivity contribution in [3.63, 3.8) is 0 Å². The van der Waals surface area contributed by atoms with E-state index >= 15 is 0 Å². The Labute approximate surface area is 265 Å². The van der Waals surface area contributed by atoms with Gasteiger partial charge in [0, 0.05) is 16.8 Å². The van der Waals surface area contributed by atoms with Gasteiger partial charge in [-0.05, 0) is 33.8 Å². The first-order chi connectivity index (χ1) is 21.4. The average molecular weight is 704 g/mol. The van der Waals surface area contributed by atoms with E-state index in [1.807, 2.05) is 24.5 Å². The summed E-state index contributed by atoms with van der Waals surface area (Å²) in [5.74, 6) is 0.254. The fraction of sp³-hybridized carbons (Fsp3) is 0.360. The van der Waals surface area contributed by atoms with Crippen molar-refractivity contribution in [1.82, 2.24) is 19.5 Å². The van der Waals surface area contributed by atoms with Crippen molar-refractivity contribution in [3.05, 3.63) is 55.1 Å². The summed E-state index contributed by atoms with van der Waals surface area (Å²) in [5, 5.41) is 31.4. The first-order valence-corrected chi connectivity index (χ1v) is 17.8. The van der Waals surface area contributed by atoms with Crippen LogP contribution in [0.3, 0.4) is 0 Å². The van der Waals surface area contributed by atoms with Gasteiger partial charge in [0.2, 0.25) is 0 Å². The van der Waals surface area contributed by atoms with E-state index in [9.17, 15) is 23.4 Å². The van der Waals surface area contributed by atoms with Gasteiger partial charge < -0.3 is 40.6 Å². The number of anilines is 1. The number of rotatable bonds is 8. The van der Waals surface area contributed by atoms with Crippen molar-refractivity contribution < 1.29 is 55.3 Å². The minimum atomic E-state index is -5.17. The van der Waals surface area contributed by atoms with Gasteiger partial charge >= 0.3 is 5.97 Å². The van der Waals surface area contributed by atoms with Gasteiger partial charge in [-0.1, -0.05) is 30.3 Å². The summed E-state index contributed by atoms with van der Waals surface area (Å²) >= 11 is 0. The molecule has 2 aromatic carbocycles. The van der Waals surface area contributed by atoms with E-state index in [0.29, 0.717) is 29.1 Å². The Kier molecular flexibility index (Phi) is 12.4. The largest absolute Gasteiger partial charge is 0.759 e. The number of imidazole rings is 1. The van der Waals surface area contributed by atoms with Crippen molar-refractivity contribution >= 4 is 65.1 Å². The number of aliphatic hydroxyl groups is 2. The highest BCUT2D eigenvalue weighted by molar-refractivity contribution is 7.96. The topological polar surface area (TPSA) is 317 Å². The number of fused-ring (bicyclic) bond motifs is 2. The molecule has 8 N–H and O–H groups in total. The molecule has 1 aliphatic rings. The van der Waals surface area contributed by atoms with Crippen LogP contribution in [0.25, 0.3) is 21.9 Å². The summed E-state index contributed by atoms with van der Waals surface area (Å²) < 4.78 is 72.0. The zero-order valence-electron chi connectivity index (χ0n) is 23.9. The number of carbonyl (C=O) groups is 1. The fourth-order valence-corrected chi connectivity index (χ4v) is 6.47. The fourth-order valence-electron chi connectivity index (χ4n) is 4.30. The lowest BCUT2D eigenvalue weighted by Crippen LogP contribution is -2.37. The molecule has 0 amide bonds. The van der Waals surface area contributed by atoms with Crippen LogP contribution in [0.15, 0.2) is 60.0 Å². The number of aliphatic carboxylic acids is 1. The van der Waals surface area contributed by atoms with Crippen molar-refractivity contribution in [2.45, 2.75) is 41.9 Å². The standard InChI is InChI=1S/C15H22N6O5S.C10H8O3S.H2O4S/c1-27(3-2-7(16)15(24)25)4-8-10(22)11(23)14(26-8)21-6-20-9-12(17)18-5-19-13(9)21;11-14(12,13)10-6-5-8-3-1-2-4-9(8)7-10;1-5(2,3)4/h5-8,10-11,14,22-23H,2-4,16H2,1H3,(H2-,17,18,19,24,25);1-7H,(H,11,12,13);(H2,1,2,3,4)/p-1/t7-,8+,10+,11+,14+,27?;;/m0../s1. The Hall–Kier alpha value is -3.51. The maximum absolute atomic E-state index is 10.8. The van der Waals surface area contributed by atoms with E-state index < -0.39 is 57.1 Å². The molecule has 4 aromatic rings. The summed E-state index contributed by atoms with van der Waals surface area (Å²) in [6, 6.07) is 11.0. The molecule has 0 spiro atoms. The lowest BCUT2D eigenvalue weighted by molar-refractivity contribution is -0.138. The van der Waals surface area contributed by atoms with E-state index in [0.717, 1.165) is 10.8 Å². The number of aromatic nitrogens is 4. The maximum atomic E-state index is 10.8. The molecule has 0 radical (unpaired) electrons. The highest BCUT2D eigenvalue weighted by atomic mass is 32.3. The summed E-state index contributed by atoms with van der Waals surface area (Å²) in [7, 11) is -9.50. The van der Waals surface area contributed by atoms with Crippen LogP contribution in [-0.2, 0) is 40.9 Å². The minimum absolute atomic E-state index is 0.0730. The van der Waals surface area contributed by atoms with Crippen molar-refractivity contribution in [2.75, 3.05) is 23.5 Å². The van der Waals surface area contributed by atoms with Gasteiger partial charge in [-0.2, -0.15) is 8.42 Å². The van der Waals surface area contributed by atoms with Gasteiger partial charge in [-0.25, -0.2) is 15.0 Å². The molecule has 0 saturated carbocycles. The zero-order chi connectivity index (χ0) is 34.4. The molecule has 0 aliphatic carbocycles. The molecule has 2 aromatic heterocycles. The number of aliphatic hydroxyl groups excluding tert-OH is 2. The van der Waals surface area contributed by atoms with E-state index in [1.165, 1.54) is 29.4 Å². The Balaban J connectivity index is 0.000000251. The lowest BCUT2D eigenvalue weighted by atomic mass is 10.1. The van der Waals surface area contributed by atoms with Gasteiger partial charge in [0.1, 0.15) is 47.7 Å². The summed E-state index contributed by atoms with van der Waals surface area (Å²) in [6.45, 7) is 0. The average Bonchev–Trinajstić information content (AvgIpc) is 3.52. The van der Waals surface area contributed by atoms with E-state index in [2.05, 4.69) is 15.0 Å². The molecule has 3 heterocycles. The normalized spacial score (nSPS) is 21.1. The molecule has 46 heavy (non-hydrogen) atoms. The Bertz CT molecular complexity index is 1870. The number of benzene rings is 2. The molecule has 21 heteroatoms. The van der Waals surface area contributed by atoms with Gasteiger partial charge in [0.05, 0.1) is 17.5 Å². The molecular formula is C25H31N6O12S3-. The van der Waals surface area contributed by atoms with Crippen LogP contribution in [0.2, 0.25) is 0 Å². The summed E-state index contributed by atoms with van der Waals surface area (Å²) in [6.07, 6.45) is 1.31. The van der Waals surface area contributed by atoms with Gasteiger partial charge in [-0.15, -0.1) is 0 Å². The second-order valence-electron chi connectivity index (χ2n) is 9.91. The molecule has 1 aliphatic heterocycles. The van der Waals surface area contributed by atoms with Crippen LogP contribution >= 0.6 is 0 Å². The molecule has 1 unspecified atom stereocenters. The Morgan fingerprint density at radius 1 is 1.07 bits per heavy atom. The minimum Gasteiger partial charge on any atom is -0.759 e. The van der Waals surface area contributed by atoms with E-state index in [4.69, 9.17) is 43.4 Å².